The molecule has 0 fully saturated rings. The molecule has 170 valence electrons. The number of anilines is 3. The standard InChI is InChI=1S/C22H24N8O3/c1-22(2)16-8-13(5-6-14(16)19(32)29-22)26-21-25-10-15(20(33)30-23)18(28-21)27-17(11-31)12-4-3-7-24-9-12/h3-10,17,31H,11,23H2,1-2H3,(H,29,32)(H,30,33)(H2,25,26,27,28)/t17-/m1/s1. The highest BCUT2D eigenvalue weighted by Gasteiger charge is 2.35. The van der Waals surface area contributed by atoms with Gasteiger partial charge in [0.25, 0.3) is 11.8 Å². The van der Waals surface area contributed by atoms with E-state index in [4.69, 9.17) is 5.84 Å². The fourth-order valence-electron chi connectivity index (χ4n) is 3.66. The van der Waals surface area contributed by atoms with Crippen molar-refractivity contribution in [2.45, 2.75) is 25.4 Å². The molecule has 1 atom stereocenters. The van der Waals surface area contributed by atoms with Crippen LogP contribution in [0.4, 0.5) is 17.5 Å². The Balaban J connectivity index is 1.65. The van der Waals surface area contributed by atoms with Crippen molar-refractivity contribution in [3.05, 3.63) is 71.2 Å². The molecule has 0 unspecified atom stereocenters. The molecule has 7 N–H and O–H groups in total. The summed E-state index contributed by atoms with van der Waals surface area (Å²) in [6.45, 7) is 3.59. The van der Waals surface area contributed by atoms with Crippen molar-refractivity contribution in [1.82, 2.24) is 25.7 Å². The lowest BCUT2D eigenvalue weighted by Gasteiger charge is -2.20. The third-order valence-electron chi connectivity index (χ3n) is 5.36. The number of carbonyl (C=O) groups is 2. The van der Waals surface area contributed by atoms with Crippen LogP contribution < -0.4 is 27.2 Å². The van der Waals surface area contributed by atoms with Gasteiger partial charge in [-0.25, -0.2) is 10.8 Å². The lowest BCUT2D eigenvalue weighted by molar-refractivity contribution is 0.0936. The van der Waals surface area contributed by atoms with E-state index in [0.29, 0.717) is 16.8 Å². The largest absolute Gasteiger partial charge is 0.394 e. The molecular formula is C22H24N8O3. The maximum absolute atomic E-state index is 12.3. The Morgan fingerprint density at radius 3 is 2.79 bits per heavy atom. The van der Waals surface area contributed by atoms with Crippen molar-refractivity contribution < 1.29 is 14.7 Å². The molecule has 4 rings (SSSR count). The summed E-state index contributed by atoms with van der Waals surface area (Å²) in [7, 11) is 0. The van der Waals surface area contributed by atoms with E-state index in [1.807, 2.05) is 19.9 Å². The Hall–Kier alpha value is -4.09. The van der Waals surface area contributed by atoms with Gasteiger partial charge in [0.1, 0.15) is 11.4 Å². The SMILES string of the molecule is CC1(C)NC(=O)c2ccc(Nc3ncc(C(=O)NN)c(N[C@H](CO)c4cccnc4)n3)cc21. The Bertz CT molecular complexity index is 1200. The molecule has 0 spiro atoms. The van der Waals surface area contributed by atoms with E-state index >= 15 is 0 Å². The zero-order valence-corrected chi connectivity index (χ0v) is 18.1. The average Bonchev–Trinajstić information content (AvgIpc) is 3.05. The van der Waals surface area contributed by atoms with Crippen LogP contribution in [0.15, 0.2) is 48.9 Å². The van der Waals surface area contributed by atoms with E-state index in [-0.39, 0.29) is 29.8 Å². The first-order valence-corrected chi connectivity index (χ1v) is 10.2. The number of aromatic nitrogens is 3. The minimum Gasteiger partial charge on any atom is -0.394 e. The van der Waals surface area contributed by atoms with Gasteiger partial charge in [0.15, 0.2) is 0 Å². The van der Waals surface area contributed by atoms with E-state index in [1.54, 1.807) is 36.7 Å². The van der Waals surface area contributed by atoms with Crippen LogP contribution in [0.2, 0.25) is 0 Å². The number of hydrazine groups is 1. The number of aliphatic hydroxyl groups is 1. The molecule has 1 aliphatic rings. The van der Waals surface area contributed by atoms with Crippen molar-refractivity contribution in [2.75, 3.05) is 17.2 Å². The average molecular weight is 448 g/mol. The van der Waals surface area contributed by atoms with Gasteiger partial charge in [0, 0.05) is 29.8 Å². The van der Waals surface area contributed by atoms with Crippen LogP contribution in [0, 0.1) is 0 Å². The van der Waals surface area contributed by atoms with E-state index in [0.717, 1.165) is 5.56 Å². The number of amides is 2. The number of nitrogens with one attached hydrogen (secondary N) is 4. The third kappa shape index (κ3) is 4.45. The molecule has 11 nitrogen and oxygen atoms in total. The van der Waals surface area contributed by atoms with Crippen LogP contribution in [0.25, 0.3) is 0 Å². The Morgan fingerprint density at radius 1 is 1.27 bits per heavy atom. The minimum atomic E-state index is -0.587. The van der Waals surface area contributed by atoms with Gasteiger partial charge in [-0.3, -0.25) is 20.0 Å². The highest BCUT2D eigenvalue weighted by Crippen LogP contribution is 2.33. The first-order chi connectivity index (χ1) is 15.8. The molecule has 2 amide bonds. The van der Waals surface area contributed by atoms with Crippen molar-refractivity contribution in [2.24, 2.45) is 5.84 Å². The first kappa shape index (κ1) is 22.1. The molecule has 0 saturated heterocycles. The number of fused-ring (bicyclic) bond motifs is 1. The van der Waals surface area contributed by atoms with Gasteiger partial charge in [-0.05, 0) is 49.2 Å². The first-order valence-electron chi connectivity index (χ1n) is 10.2. The van der Waals surface area contributed by atoms with E-state index in [2.05, 4.69) is 36.3 Å². The second-order valence-electron chi connectivity index (χ2n) is 8.06. The highest BCUT2D eigenvalue weighted by atomic mass is 16.3. The number of hydrogen-bond donors (Lipinski definition) is 6. The van der Waals surface area contributed by atoms with E-state index < -0.39 is 17.5 Å². The lowest BCUT2D eigenvalue weighted by atomic mass is 9.94. The van der Waals surface area contributed by atoms with Crippen molar-refractivity contribution in [1.29, 1.82) is 0 Å². The maximum Gasteiger partial charge on any atom is 0.270 e. The quantitative estimate of drug-likeness (QED) is 0.177. The molecule has 1 aromatic carbocycles. The molecule has 1 aliphatic heterocycles. The van der Waals surface area contributed by atoms with Crippen LogP contribution in [-0.2, 0) is 5.54 Å². The number of hydrogen-bond acceptors (Lipinski definition) is 9. The second-order valence-corrected chi connectivity index (χ2v) is 8.06. The van der Waals surface area contributed by atoms with E-state index in [9.17, 15) is 14.7 Å². The fraction of sp³-hybridized carbons (Fsp3) is 0.227. The van der Waals surface area contributed by atoms with Crippen LogP contribution >= 0.6 is 0 Å². The summed E-state index contributed by atoms with van der Waals surface area (Å²) in [6.07, 6.45) is 4.57. The predicted molar refractivity (Wildman–Crippen MR) is 122 cm³/mol. The predicted octanol–water partition coefficient (Wildman–Crippen LogP) is 1.34. The van der Waals surface area contributed by atoms with Gasteiger partial charge in [-0.2, -0.15) is 4.98 Å². The number of aliphatic hydroxyl groups excluding tert-OH is 1. The zero-order valence-electron chi connectivity index (χ0n) is 18.1. The number of pyridine rings is 1. The number of nitrogens with two attached hydrogens (primary N) is 1. The Labute approximate surface area is 189 Å². The van der Waals surface area contributed by atoms with Gasteiger partial charge < -0.3 is 21.1 Å². The van der Waals surface area contributed by atoms with Gasteiger partial charge in [-0.1, -0.05) is 6.07 Å². The summed E-state index contributed by atoms with van der Waals surface area (Å²) in [5.41, 5.74) is 4.53. The van der Waals surface area contributed by atoms with Gasteiger partial charge in [-0.15, -0.1) is 0 Å². The molecule has 2 aromatic heterocycles. The second kappa shape index (κ2) is 8.81. The number of carbonyl (C=O) groups excluding carboxylic acids is 2. The zero-order chi connectivity index (χ0) is 23.6. The topological polar surface area (TPSA) is 167 Å². The summed E-state index contributed by atoms with van der Waals surface area (Å²) < 4.78 is 0. The summed E-state index contributed by atoms with van der Waals surface area (Å²) in [4.78, 5) is 37.1. The summed E-state index contributed by atoms with van der Waals surface area (Å²) in [5.74, 6) is 4.99. The molecular weight excluding hydrogens is 424 g/mol. The maximum atomic E-state index is 12.3. The van der Waals surface area contributed by atoms with Crippen LogP contribution in [0.3, 0.4) is 0 Å². The van der Waals surface area contributed by atoms with Crippen molar-refractivity contribution in [3.8, 4) is 0 Å². The molecule has 3 heterocycles. The van der Waals surface area contributed by atoms with Crippen LogP contribution in [-0.4, -0.2) is 38.5 Å². The third-order valence-corrected chi connectivity index (χ3v) is 5.36. The fourth-order valence-corrected chi connectivity index (χ4v) is 3.66. The molecule has 0 saturated carbocycles. The Morgan fingerprint density at radius 2 is 2.09 bits per heavy atom. The Kier molecular flexibility index (Phi) is 5.90. The molecule has 0 aliphatic carbocycles. The molecule has 3 aromatic rings. The van der Waals surface area contributed by atoms with Gasteiger partial charge in [0.05, 0.1) is 18.2 Å². The van der Waals surface area contributed by atoms with Crippen LogP contribution in [0.1, 0.15) is 51.7 Å². The molecule has 11 heteroatoms. The number of benzene rings is 1. The normalized spacial score (nSPS) is 14.7. The van der Waals surface area contributed by atoms with Crippen LogP contribution in [0.5, 0.6) is 0 Å². The van der Waals surface area contributed by atoms with Crippen molar-refractivity contribution in [3.63, 3.8) is 0 Å². The van der Waals surface area contributed by atoms with Gasteiger partial charge >= 0.3 is 0 Å². The number of nitrogens with zero attached hydrogens (tertiary/aromatic N) is 3. The molecule has 0 bridgehead atoms. The highest BCUT2D eigenvalue weighted by molar-refractivity contribution is 6.00. The summed E-state index contributed by atoms with van der Waals surface area (Å²) in [5, 5.41) is 19.0. The van der Waals surface area contributed by atoms with Gasteiger partial charge in [0.2, 0.25) is 5.95 Å². The van der Waals surface area contributed by atoms with E-state index in [1.165, 1.54) is 6.20 Å². The lowest BCUT2D eigenvalue weighted by Crippen LogP contribution is -2.32. The molecule has 33 heavy (non-hydrogen) atoms. The summed E-state index contributed by atoms with van der Waals surface area (Å²) in [6, 6.07) is 8.32. The number of rotatable bonds is 7. The monoisotopic (exact) mass is 448 g/mol. The minimum absolute atomic E-state index is 0.107. The van der Waals surface area contributed by atoms with Crippen molar-refractivity contribution >= 4 is 29.3 Å². The smallest absolute Gasteiger partial charge is 0.270 e. The summed E-state index contributed by atoms with van der Waals surface area (Å²) >= 11 is 0. The number of nitrogen functional groups attached to an aromatic ring is 1. The molecule has 0 radical (unpaired) electrons.